The minimum Gasteiger partial charge on any atom is -0.493 e. The molecule has 2 aromatic carbocycles. The average molecular weight is 588 g/mol. The van der Waals surface area contributed by atoms with Crippen LogP contribution in [0.3, 0.4) is 0 Å². The molecule has 13 heteroatoms. The van der Waals surface area contributed by atoms with Crippen LogP contribution < -0.4 is 35.0 Å². The summed E-state index contributed by atoms with van der Waals surface area (Å²) in [6, 6.07) is 8.99. The van der Waals surface area contributed by atoms with E-state index in [0.717, 1.165) is 11.1 Å². The number of nitrogens with one attached hydrogen (secondary N) is 2. The lowest BCUT2D eigenvalue weighted by molar-refractivity contribution is -0.173. The van der Waals surface area contributed by atoms with Gasteiger partial charge in [-0.3, -0.25) is 19.4 Å². The van der Waals surface area contributed by atoms with E-state index < -0.39 is 36.0 Å². The molecule has 0 fully saturated rings. The normalized spacial score (nSPS) is 14.0. The van der Waals surface area contributed by atoms with Crippen LogP contribution in [-0.2, 0) is 22.6 Å². The Kier molecular flexibility index (Phi) is 9.18. The lowest BCUT2D eigenvalue weighted by atomic mass is 9.95. The molecular weight excluding hydrogens is 559 g/mol. The fourth-order valence-electron chi connectivity index (χ4n) is 4.70. The number of methoxy groups -OCH3 is 3. The van der Waals surface area contributed by atoms with Gasteiger partial charge < -0.3 is 29.6 Å². The molecule has 10 nitrogen and oxygen atoms in total. The first-order valence-corrected chi connectivity index (χ1v) is 12.7. The van der Waals surface area contributed by atoms with Gasteiger partial charge in [-0.25, -0.2) is 0 Å². The average Bonchev–Trinajstić information content (AvgIpc) is 3.22. The fourth-order valence-corrected chi connectivity index (χ4v) is 4.70. The summed E-state index contributed by atoms with van der Waals surface area (Å²) in [4.78, 5) is 41.0. The van der Waals surface area contributed by atoms with Crippen molar-refractivity contribution in [1.82, 2.24) is 15.6 Å². The fraction of sp³-hybridized carbons (Fsp3) is 0.310. The second-order valence-electron chi connectivity index (χ2n) is 9.24. The van der Waals surface area contributed by atoms with Crippen LogP contribution in [0.15, 0.2) is 53.6 Å². The van der Waals surface area contributed by atoms with Crippen LogP contribution in [0.1, 0.15) is 29.2 Å². The van der Waals surface area contributed by atoms with Gasteiger partial charge in [0.2, 0.25) is 17.1 Å². The zero-order valence-corrected chi connectivity index (χ0v) is 23.0. The Morgan fingerprint density at radius 1 is 1.02 bits per heavy atom. The van der Waals surface area contributed by atoms with Crippen molar-refractivity contribution in [2.45, 2.75) is 31.7 Å². The zero-order valence-electron chi connectivity index (χ0n) is 23.0. The van der Waals surface area contributed by atoms with Crippen molar-refractivity contribution in [3.05, 3.63) is 75.7 Å². The van der Waals surface area contributed by atoms with E-state index in [1.807, 2.05) is 6.07 Å². The molecule has 0 saturated heterocycles. The van der Waals surface area contributed by atoms with Crippen LogP contribution in [0.25, 0.3) is 11.1 Å². The minimum atomic E-state index is -5.14. The molecule has 0 aliphatic heterocycles. The molecule has 1 unspecified atom stereocenters. The maximum absolute atomic E-state index is 13.0. The minimum absolute atomic E-state index is 0.0328. The third-order valence-corrected chi connectivity index (χ3v) is 6.62. The lowest BCUT2D eigenvalue weighted by Gasteiger charge is -2.21. The molecule has 0 radical (unpaired) electrons. The van der Waals surface area contributed by atoms with Crippen molar-refractivity contribution in [1.29, 1.82) is 0 Å². The topological polar surface area (TPSA) is 125 Å². The summed E-state index contributed by atoms with van der Waals surface area (Å²) in [6.45, 7) is -0.794. The molecule has 1 aromatic heterocycles. The summed E-state index contributed by atoms with van der Waals surface area (Å²) >= 11 is 0. The van der Waals surface area contributed by atoms with Gasteiger partial charge in [-0.1, -0.05) is 12.1 Å². The number of benzene rings is 1. The quantitative estimate of drug-likeness (QED) is 0.390. The molecule has 1 aliphatic carbocycles. The number of ether oxygens (including phenoxy) is 4. The molecule has 0 saturated carbocycles. The molecule has 1 heterocycles. The number of pyridine rings is 1. The summed E-state index contributed by atoms with van der Waals surface area (Å²) in [5.74, 6) is -2.07. The third-order valence-electron chi connectivity index (χ3n) is 6.62. The Bertz CT molecular complexity index is 1530. The van der Waals surface area contributed by atoms with Gasteiger partial charge >= 0.3 is 12.1 Å². The monoisotopic (exact) mass is 587 g/mol. The Labute approximate surface area is 238 Å². The molecule has 42 heavy (non-hydrogen) atoms. The van der Waals surface area contributed by atoms with E-state index in [2.05, 4.69) is 10.3 Å². The molecule has 0 bridgehead atoms. The Balaban J connectivity index is 1.83. The van der Waals surface area contributed by atoms with Gasteiger partial charge in [0.15, 0.2) is 17.2 Å². The number of hydrogen-bond donors (Lipinski definition) is 2. The number of carbonyl (C=O) groups excluding carboxylic acids is 2. The standard InChI is InChI=1S/C29H28F3N3O7/c1-39-22-9-7-18-19(12-21(22)36)20(35-24(37)14-34-28(38)29(30,31)32)8-6-17-11-23(40-2)26(41-3)27(25(17)18)42-15-16-5-4-10-33-13-16/h4-5,7,9-13,20H,6,8,14-15H2,1-3H3,(H,34,38)(H,35,37). The molecule has 2 amide bonds. The van der Waals surface area contributed by atoms with Crippen molar-refractivity contribution in [2.24, 2.45) is 0 Å². The lowest BCUT2D eigenvalue weighted by Crippen LogP contribution is -2.43. The molecule has 2 N–H and O–H groups in total. The van der Waals surface area contributed by atoms with Crippen molar-refractivity contribution >= 4 is 11.8 Å². The molecule has 4 rings (SSSR count). The molecular formula is C29H28F3N3O7. The first-order valence-electron chi connectivity index (χ1n) is 12.7. The van der Waals surface area contributed by atoms with Gasteiger partial charge in [0.05, 0.1) is 33.9 Å². The number of nitrogens with zero attached hydrogens (tertiary/aromatic N) is 1. The van der Waals surface area contributed by atoms with Crippen LogP contribution >= 0.6 is 0 Å². The first-order chi connectivity index (χ1) is 20.1. The predicted molar refractivity (Wildman–Crippen MR) is 145 cm³/mol. The van der Waals surface area contributed by atoms with Gasteiger partial charge in [0.25, 0.3) is 0 Å². The van der Waals surface area contributed by atoms with Gasteiger partial charge in [-0.05, 0) is 53.8 Å². The van der Waals surface area contributed by atoms with E-state index in [4.69, 9.17) is 18.9 Å². The number of halogens is 3. The van der Waals surface area contributed by atoms with Gasteiger partial charge in [-0.2, -0.15) is 13.2 Å². The number of hydrogen-bond acceptors (Lipinski definition) is 8. The van der Waals surface area contributed by atoms with Crippen molar-refractivity contribution in [2.75, 3.05) is 27.9 Å². The van der Waals surface area contributed by atoms with Crippen molar-refractivity contribution in [3.8, 4) is 34.1 Å². The second-order valence-corrected chi connectivity index (χ2v) is 9.24. The largest absolute Gasteiger partial charge is 0.493 e. The molecule has 3 aromatic rings. The van der Waals surface area contributed by atoms with E-state index in [0.29, 0.717) is 40.4 Å². The predicted octanol–water partition coefficient (Wildman–Crippen LogP) is 3.50. The second kappa shape index (κ2) is 12.8. The summed E-state index contributed by atoms with van der Waals surface area (Å²) < 4.78 is 60.7. The highest BCUT2D eigenvalue weighted by atomic mass is 19.4. The molecule has 0 spiro atoms. The maximum atomic E-state index is 13.0. The Morgan fingerprint density at radius 2 is 1.79 bits per heavy atom. The number of rotatable bonds is 9. The van der Waals surface area contributed by atoms with Crippen LogP contribution in [0.2, 0.25) is 0 Å². The number of alkyl halides is 3. The van der Waals surface area contributed by atoms with Crippen LogP contribution in [0, 0.1) is 0 Å². The summed E-state index contributed by atoms with van der Waals surface area (Å²) in [7, 11) is 4.28. The number of aryl methyl sites for hydroxylation is 1. The van der Waals surface area contributed by atoms with E-state index in [-0.39, 0.29) is 18.8 Å². The molecule has 222 valence electrons. The number of carbonyl (C=O) groups is 2. The Morgan fingerprint density at radius 3 is 2.43 bits per heavy atom. The van der Waals surface area contributed by atoms with E-state index in [1.165, 1.54) is 33.5 Å². The van der Waals surface area contributed by atoms with Crippen molar-refractivity contribution < 1.29 is 41.7 Å². The summed E-state index contributed by atoms with van der Waals surface area (Å²) in [5, 5.41) is 4.22. The highest BCUT2D eigenvalue weighted by Crippen LogP contribution is 2.50. The third kappa shape index (κ3) is 6.56. The van der Waals surface area contributed by atoms with Crippen LogP contribution in [-0.4, -0.2) is 50.8 Å². The zero-order chi connectivity index (χ0) is 30.4. The van der Waals surface area contributed by atoms with Gasteiger partial charge in [0.1, 0.15) is 6.61 Å². The molecule has 1 aliphatic rings. The number of aromatic nitrogens is 1. The number of fused-ring (bicyclic) bond motifs is 3. The highest BCUT2D eigenvalue weighted by Gasteiger charge is 2.39. The van der Waals surface area contributed by atoms with Crippen LogP contribution in [0.4, 0.5) is 13.2 Å². The van der Waals surface area contributed by atoms with E-state index in [9.17, 15) is 27.6 Å². The van der Waals surface area contributed by atoms with Gasteiger partial charge in [-0.15, -0.1) is 0 Å². The molecule has 1 atom stereocenters. The summed E-state index contributed by atoms with van der Waals surface area (Å²) in [6.07, 6.45) is -1.25. The number of amides is 2. The van der Waals surface area contributed by atoms with E-state index in [1.54, 1.807) is 35.9 Å². The smallest absolute Gasteiger partial charge is 0.471 e. The SMILES string of the molecule is COc1cc2c(c(OCc3cccnc3)c1OC)-c1ccc(OC)c(=O)cc1C(NC(=O)CNC(=O)C(F)(F)F)CC2. The van der Waals surface area contributed by atoms with Crippen molar-refractivity contribution in [3.63, 3.8) is 0 Å². The highest BCUT2D eigenvalue weighted by molar-refractivity contribution is 5.88. The Hall–Kier alpha value is -4.81. The maximum Gasteiger partial charge on any atom is 0.471 e. The van der Waals surface area contributed by atoms with Crippen LogP contribution in [0.5, 0.6) is 23.0 Å². The summed E-state index contributed by atoms with van der Waals surface area (Å²) in [5.41, 5.74) is 2.48. The van der Waals surface area contributed by atoms with Gasteiger partial charge in [0, 0.05) is 23.5 Å². The van der Waals surface area contributed by atoms with E-state index >= 15 is 0 Å². The first kappa shape index (κ1) is 30.2.